The molecule has 0 aliphatic carbocycles. The summed E-state index contributed by atoms with van der Waals surface area (Å²) in [4.78, 5) is 23.0. The second-order valence-electron chi connectivity index (χ2n) is 9.83. The number of carbonyl (C=O) groups excluding carboxylic acids is 1. The number of ether oxygens (including phenoxy) is 2. The highest BCUT2D eigenvalue weighted by atomic mass is 32.2. The number of morpholine rings is 1. The van der Waals surface area contributed by atoms with Crippen LogP contribution in [0.25, 0.3) is 10.2 Å². The van der Waals surface area contributed by atoms with Gasteiger partial charge in [-0.05, 0) is 68.8 Å². The fourth-order valence-corrected chi connectivity index (χ4v) is 7.48. The highest BCUT2D eigenvalue weighted by molar-refractivity contribution is 7.92. The molecule has 9 nitrogen and oxygen atoms in total. The molecule has 0 unspecified atom stereocenters. The van der Waals surface area contributed by atoms with Crippen LogP contribution in [0.3, 0.4) is 0 Å². The standard InChI is InChI=1S/C31H36N4O5S2/c1-3-35(25-10-6-5-7-11-25)42(37,38)26-16-14-24(15-17-26)30(36)34(19-9-18-33-20-22-39-23-21-33)31-32-29-27(40-4-2)12-8-13-28(29)41-31/h5-8,10-17H,3-4,9,18-23H2,1-2H3. The predicted octanol–water partition coefficient (Wildman–Crippen LogP) is 5.28. The van der Waals surface area contributed by atoms with E-state index in [9.17, 15) is 13.2 Å². The van der Waals surface area contributed by atoms with Crippen molar-refractivity contribution in [3.05, 3.63) is 78.4 Å². The van der Waals surface area contributed by atoms with Crippen molar-refractivity contribution < 1.29 is 22.7 Å². The number of rotatable bonds is 12. The lowest BCUT2D eigenvalue weighted by Crippen LogP contribution is -2.39. The number of carbonyl (C=O) groups is 1. The maximum atomic E-state index is 14.0. The van der Waals surface area contributed by atoms with E-state index in [-0.39, 0.29) is 17.3 Å². The van der Waals surface area contributed by atoms with Crippen LogP contribution < -0.4 is 13.9 Å². The highest BCUT2D eigenvalue weighted by Gasteiger charge is 2.26. The monoisotopic (exact) mass is 608 g/mol. The summed E-state index contributed by atoms with van der Waals surface area (Å²) in [6, 6.07) is 21.0. The van der Waals surface area contributed by atoms with Crippen molar-refractivity contribution in [2.24, 2.45) is 0 Å². The molecule has 1 aromatic heterocycles. The van der Waals surface area contributed by atoms with E-state index in [0.29, 0.717) is 35.3 Å². The lowest BCUT2D eigenvalue weighted by Gasteiger charge is -2.27. The van der Waals surface area contributed by atoms with Crippen molar-refractivity contribution in [3.8, 4) is 5.75 Å². The van der Waals surface area contributed by atoms with Gasteiger partial charge in [-0.2, -0.15) is 0 Å². The molecule has 4 aromatic rings. The zero-order valence-electron chi connectivity index (χ0n) is 23.9. The average molecular weight is 609 g/mol. The van der Waals surface area contributed by atoms with E-state index in [1.54, 1.807) is 36.1 Å². The maximum absolute atomic E-state index is 14.0. The van der Waals surface area contributed by atoms with Crippen LogP contribution in [0.2, 0.25) is 0 Å². The van der Waals surface area contributed by atoms with E-state index in [0.717, 1.165) is 49.5 Å². The maximum Gasteiger partial charge on any atom is 0.264 e. The first-order valence-corrected chi connectivity index (χ1v) is 16.5. The average Bonchev–Trinajstić information content (AvgIpc) is 3.46. The Morgan fingerprint density at radius 2 is 1.74 bits per heavy atom. The zero-order valence-corrected chi connectivity index (χ0v) is 25.6. The third-order valence-corrected chi connectivity index (χ3v) is 10.1. The Morgan fingerprint density at radius 3 is 2.43 bits per heavy atom. The van der Waals surface area contributed by atoms with Crippen LogP contribution in [0.15, 0.2) is 77.7 Å². The van der Waals surface area contributed by atoms with Gasteiger partial charge < -0.3 is 9.47 Å². The van der Waals surface area contributed by atoms with Crippen molar-refractivity contribution in [1.82, 2.24) is 9.88 Å². The summed E-state index contributed by atoms with van der Waals surface area (Å²) < 4.78 is 40.5. The topological polar surface area (TPSA) is 92.3 Å². The number of aromatic nitrogens is 1. The first-order chi connectivity index (χ1) is 20.4. The SMILES string of the molecule is CCOc1cccc2sc(N(CCCN3CCOCC3)C(=O)c3ccc(S(=O)(=O)N(CC)c4ccccc4)cc3)nc12. The van der Waals surface area contributed by atoms with Gasteiger partial charge in [0.15, 0.2) is 5.13 Å². The molecule has 0 atom stereocenters. The van der Waals surface area contributed by atoms with Gasteiger partial charge in [-0.25, -0.2) is 13.4 Å². The van der Waals surface area contributed by atoms with Crippen LogP contribution in [0.4, 0.5) is 10.8 Å². The number of nitrogens with zero attached hydrogens (tertiary/aromatic N) is 4. The summed E-state index contributed by atoms with van der Waals surface area (Å²) in [5.74, 6) is 0.458. The molecule has 5 rings (SSSR count). The van der Waals surface area contributed by atoms with Crippen molar-refractivity contribution in [2.75, 3.05) is 61.7 Å². The Morgan fingerprint density at radius 1 is 1.00 bits per heavy atom. The zero-order chi connectivity index (χ0) is 29.5. The molecule has 0 radical (unpaired) electrons. The molecule has 0 bridgehead atoms. The number of fused-ring (bicyclic) bond motifs is 1. The molecule has 1 aliphatic heterocycles. The molecule has 0 spiro atoms. The van der Waals surface area contributed by atoms with Crippen molar-refractivity contribution in [3.63, 3.8) is 0 Å². The van der Waals surface area contributed by atoms with Crippen LogP contribution in [0, 0.1) is 0 Å². The second-order valence-corrected chi connectivity index (χ2v) is 12.7. The first-order valence-electron chi connectivity index (χ1n) is 14.2. The molecule has 1 amide bonds. The summed E-state index contributed by atoms with van der Waals surface area (Å²) in [5, 5.41) is 0.585. The van der Waals surface area contributed by atoms with Crippen molar-refractivity contribution >= 4 is 48.3 Å². The Hall–Kier alpha value is -3.51. The minimum atomic E-state index is -3.80. The Balaban J connectivity index is 1.41. The molecule has 1 saturated heterocycles. The van der Waals surface area contributed by atoms with Gasteiger partial charge in [-0.3, -0.25) is 18.9 Å². The highest BCUT2D eigenvalue weighted by Crippen LogP contribution is 2.35. The molecule has 0 N–H and O–H groups in total. The van der Waals surface area contributed by atoms with E-state index < -0.39 is 10.0 Å². The van der Waals surface area contributed by atoms with Crippen LogP contribution in [0.5, 0.6) is 5.75 Å². The number of anilines is 2. The van der Waals surface area contributed by atoms with Gasteiger partial charge in [-0.15, -0.1) is 0 Å². The number of hydrogen-bond donors (Lipinski definition) is 0. The molecule has 0 saturated carbocycles. The molecule has 2 heterocycles. The van der Waals surface area contributed by atoms with E-state index >= 15 is 0 Å². The lowest BCUT2D eigenvalue weighted by atomic mass is 10.2. The smallest absolute Gasteiger partial charge is 0.264 e. The van der Waals surface area contributed by atoms with Crippen molar-refractivity contribution in [2.45, 2.75) is 25.2 Å². The second kappa shape index (κ2) is 13.6. The number of hydrogen-bond acceptors (Lipinski definition) is 8. The molecule has 222 valence electrons. The third-order valence-electron chi connectivity index (χ3n) is 7.13. The number of benzene rings is 3. The number of amides is 1. The molecule has 1 fully saturated rings. The molecule has 42 heavy (non-hydrogen) atoms. The largest absolute Gasteiger partial charge is 0.492 e. The van der Waals surface area contributed by atoms with E-state index in [1.165, 1.54) is 27.8 Å². The number of thiazole rings is 1. The summed E-state index contributed by atoms with van der Waals surface area (Å²) in [5.41, 5.74) is 1.72. The van der Waals surface area contributed by atoms with Crippen LogP contribution in [-0.2, 0) is 14.8 Å². The van der Waals surface area contributed by atoms with Crippen LogP contribution in [0.1, 0.15) is 30.6 Å². The van der Waals surface area contributed by atoms with Gasteiger partial charge in [0.25, 0.3) is 15.9 Å². The number of para-hydroxylation sites is 2. The van der Waals surface area contributed by atoms with Gasteiger partial charge in [-0.1, -0.05) is 35.6 Å². The van der Waals surface area contributed by atoms with E-state index in [2.05, 4.69) is 4.90 Å². The van der Waals surface area contributed by atoms with E-state index in [1.807, 2.05) is 43.3 Å². The first kappa shape index (κ1) is 30.0. The van der Waals surface area contributed by atoms with Crippen LogP contribution >= 0.6 is 11.3 Å². The van der Waals surface area contributed by atoms with Crippen LogP contribution in [-0.4, -0.2) is 76.8 Å². The quantitative estimate of drug-likeness (QED) is 0.216. The molecular formula is C31H36N4O5S2. The minimum Gasteiger partial charge on any atom is -0.492 e. The third kappa shape index (κ3) is 6.59. The Labute approximate surface area is 251 Å². The summed E-state index contributed by atoms with van der Waals surface area (Å²) in [6.07, 6.45) is 0.759. The number of sulfonamides is 1. The fraction of sp³-hybridized carbons (Fsp3) is 0.355. The lowest BCUT2D eigenvalue weighted by molar-refractivity contribution is 0.0376. The van der Waals surface area contributed by atoms with Gasteiger partial charge in [0, 0.05) is 38.3 Å². The van der Waals surface area contributed by atoms with Crippen molar-refractivity contribution in [1.29, 1.82) is 0 Å². The summed E-state index contributed by atoms with van der Waals surface area (Å²) in [6.45, 7) is 9.02. The molecular weight excluding hydrogens is 572 g/mol. The van der Waals surface area contributed by atoms with Gasteiger partial charge >= 0.3 is 0 Å². The normalized spacial score (nSPS) is 14.1. The minimum absolute atomic E-state index is 0.130. The predicted molar refractivity (Wildman–Crippen MR) is 167 cm³/mol. The summed E-state index contributed by atoms with van der Waals surface area (Å²) in [7, 11) is -3.80. The van der Waals surface area contributed by atoms with Gasteiger partial charge in [0.1, 0.15) is 11.3 Å². The summed E-state index contributed by atoms with van der Waals surface area (Å²) >= 11 is 1.44. The molecule has 3 aromatic carbocycles. The Bertz CT molecular complexity index is 1590. The van der Waals surface area contributed by atoms with E-state index in [4.69, 9.17) is 14.5 Å². The Kier molecular flexibility index (Phi) is 9.73. The molecule has 11 heteroatoms. The molecule has 1 aliphatic rings. The van der Waals surface area contributed by atoms with Gasteiger partial charge in [0.05, 0.1) is 35.1 Å². The fourth-order valence-electron chi connectivity index (χ4n) is 5.00. The van der Waals surface area contributed by atoms with Gasteiger partial charge in [0.2, 0.25) is 0 Å².